The van der Waals surface area contributed by atoms with Crippen LogP contribution in [0.1, 0.15) is 23.7 Å². The monoisotopic (exact) mass is 289 g/mol. The van der Waals surface area contributed by atoms with Gasteiger partial charge in [-0.25, -0.2) is 13.6 Å². The van der Waals surface area contributed by atoms with Gasteiger partial charge in [0.05, 0.1) is 16.6 Å². The van der Waals surface area contributed by atoms with Gasteiger partial charge >= 0.3 is 0 Å². The van der Waals surface area contributed by atoms with Gasteiger partial charge in [0.1, 0.15) is 0 Å². The molecule has 0 radical (unpaired) electrons. The molecule has 1 heterocycles. The number of hydrogen-bond acceptors (Lipinski definition) is 4. The Balaban J connectivity index is 1.87. The lowest BCUT2D eigenvalue weighted by molar-refractivity contribution is 0.598. The Hall–Kier alpha value is -1.92. The minimum atomic E-state index is -3.68. The second-order valence-corrected chi connectivity index (χ2v) is 6.42. The quantitative estimate of drug-likeness (QED) is 0.902. The number of nitrogens with one attached hydrogen (secondary N) is 1. The second-order valence-electron chi connectivity index (χ2n) is 4.86. The van der Waals surface area contributed by atoms with E-state index in [1.165, 1.54) is 11.6 Å². The lowest BCUT2D eigenvalue weighted by Crippen LogP contribution is -2.13. The van der Waals surface area contributed by atoms with Gasteiger partial charge in [0.15, 0.2) is 0 Å². The van der Waals surface area contributed by atoms with E-state index in [0.717, 1.165) is 24.2 Å². The Morgan fingerprint density at radius 3 is 2.90 bits per heavy atom. The van der Waals surface area contributed by atoms with Crippen molar-refractivity contribution in [1.82, 2.24) is 4.98 Å². The third-order valence-electron chi connectivity index (χ3n) is 3.46. The number of benzene rings is 1. The summed E-state index contributed by atoms with van der Waals surface area (Å²) in [7, 11) is -3.68. The zero-order valence-electron chi connectivity index (χ0n) is 10.8. The van der Waals surface area contributed by atoms with E-state index in [-0.39, 0.29) is 10.9 Å². The molecule has 104 valence electrons. The van der Waals surface area contributed by atoms with Crippen molar-refractivity contribution in [3.8, 4) is 0 Å². The number of aryl methyl sites for hydroxylation is 1. The maximum absolute atomic E-state index is 11.4. The molecule has 1 atom stereocenters. The molecule has 0 spiro atoms. The molecule has 6 heteroatoms. The zero-order valence-corrected chi connectivity index (χ0v) is 11.6. The van der Waals surface area contributed by atoms with Crippen LogP contribution in [0.3, 0.4) is 0 Å². The number of nitrogens with zero attached hydrogens (tertiary/aromatic N) is 1. The van der Waals surface area contributed by atoms with Crippen LogP contribution in [0.25, 0.3) is 0 Å². The molecule has 1 unspecified atom stereocenters. The van der Waals surface area contributed by atoms with Crippen LogP contribution in [0.5, 0.6) is 0 Å². The first kappa shape index (κ1) is 13.1. The van der Waals surface area contributed by atoms with Crippen molar-refractivity contribution >= 4 is 15.7 Å². The van der Waals surface area contributed by atoms with Gasteiger partial charge < -0.3 is 5.32 Å². The van der Waals surface area contributed by atoms with Crippen molar-refractivity contribution in [1.29, 1.82) is 0 Å². The molecule has 0 bridgehead atoms. The van der Waals surface area contributed by atoms with E-state index in [2.05, 4.69) is 16.4 Å². The highest BCUT2D eigenvalue weighted by molar-refractivity contribution is 7.89. The summed E-state index contributed by atoms with van der Waals surface area (Å²) in [6.45, 7) is 0. The van der Waals surface area contributed by atoms with E-state index < -0.39 is 10.0 Å². The summed E-state index contributed by atoms with van der Waals surface area (Å²) in [4.78, 5) is 4.52. The minimum Gasteiger partial charge on any atom is -0.377 e. The largest absolute Gasteiger partial charge is 0.377 e. The summed E-state index contributed by atoms with van der Waals surface area (Å²) >= 11 is 0. The minimum absolute atomic E-state index is 0.113. The van der Waals surface area contributed by atoms with Crippen LogP contribution in [-0.4, -0.2) is 13.4 Å². The normalized spacial score (nSPS) is 17.8. The zero-order chi connectivity index (χ0) is 14.2. The molecule has 0 aliphatic heterocycles. The number of pyridine rings is 1. The number of rotatable bonds is 3. The van der Waals surface area contributed by atoms with Crippen LogP contribution < -0.4 is 10.5 Å². The van der Waals surface area contributed by atoms with Crippen LogP contribution in [-0.2, 0) is 16.4 Å². The fourth-order valence-corrected chi connectivity index (χ4v) is 3.08. The SMILES string of the molecule is NS(=O)(=O)c1cccc(NC2CCc3cccnc32)c1. The molecule has 20 heavy (non-hydrogen) atoms. The Morgan fingerprint density at radius 1 is 1.25 bits per heavy atom. The molecule has 0 saturated heterocycles. The Kier molecular flexibility index (Phi) is 3.19. The van der Waals surface area contributed by atoms with Gasteiger partial charge in [-0.3, -0.25) is 4.98 Å². The molecule has 5 nitrogen and oxygen atoms in total. The molecule has 1 aromatic heterocycles. The van der Waals surface area contributed by atoms with Crippen molar-refractivity contribution in [2.75, 3.05) is 5.32 Å². The van der Waals surface area contributed by atoms with Crippen molar-refractivity contribution in [2.45, 2.75) is 23.8 Å². The van der Waals surface area contributed by atoms with Crippen LogP contribution in [0.2, 0.25) is 0 Å². The molecule has 3 rings (SSSR count). The molecule has 3 N–H and O–H groups in total. The standard InChI is InChI=1S/C14H15N3O2S/c15-20(18,19)12-5-1-4-11(9-12)17-13-7-6-10-3-2-8-16-14(10)13/h1-5,8-9,13,17H,6-7H2,(H2,15,18,19). The van der Waals surface area contributed by atoms with Gasteiger partial charge in [-0.1, -0.05) is 12.1 Å². The number of fused-ring (bicyclic) bond motifs is 1. The molecule has 1 aliphatic rings. The number of sulfonamides is 1. The predicted octanol–water partition coefficient (Wildman–Crippen LogP) is 1.83. The van der Waals surface area contributed by atoms with Crippen molar-refractivity contribution < 1.29 is 8.42 Å². The first-order chi connectivity index (χ1) is 9.54. The van der Waals surface area contributed by atoms with Gasteiger partial charge in [-0.05, 0) is 42.7 Å². The van der Waals surface area contributed by atoms with Crippen molar-refractivity contribution in [3.63, 3.8) is 0 Å². The van der Waals surface area contributed by atoms with Gasteiger partial charge in [0.2, 0.25) is 10.0 Å². The van der Waals surface area contributed by atoms with Crippen LogP contribution in [0.4, 0.5) is 5.69 Å². The molecule has 0 saturated carbocycles. The predicted molar refractivity (Wildman–Crippen MR) is 76.7 cm³/mol. The summed E-state index contributed by atoms with van der Waals surface area (Å²) in [6, 6.07) is 10.7. The smallest absolute Gasteiger partial charge is 0.238 e. The topological polar surface area (TPSA) is 85.1 Å². The first-order valence-electron chi connectivity index (χ1n) is 6.37. The molecule has 2 aromatic rings. The number of nitrogens with two attached hydrogens (primary N) is 1. The molecule has 0 amide bonds. The molecular weight excluding hydrogens is 274 g/mol. The van der Waals surface area contributed by atoms with E-state index >= 15 is 0 Å². The maximum atomic E-state index is 11.4. The summed E-state index contributed by atoms with van der Waals surface area (Å²) < 4.78 is 22.7. The molecule has 0 fully saturated rings. The summed E-state index contributed by atoms with van der Waals surface area (Å²) in [5, 5.41) is 8.47. The maximum Gasteiger partial charge on any atom is 0.238 e. The highest BCUT2D eigenvalue weighted by Gasteiger charge is 2.23. The number of primary sulfonamides is 1. The third-order valence-corrected chi connectivity index (χ3v) is 4.37. The third kappa shape index (κ3) is 2.52. The van der Waals surface area contributed by atoms with Crippen LogP contribution >= 0.6 is 0 Å². The van der Waals surface area contributed by atoms with E-state index in [0.29, 0.717) is 0 Å². The van der Waals surface area contributed by atoms with E-state index in [1.54, 1.807) is 18.3 Å². The van der Waals surface area contributed by atoms with Crippen LogP contribution in [0.15, 0.2) is 47.5 Å². The fourth-order valence-electron chi connectivity index (χ4n) is 2.52. The molecule has 1 aliphatic carbocycles. The van der Waals surface area contributed by atoms with E-state index in [9.17, 15) is 8.42 Å². The highest BCUT2D eigenvalue weighted by Crippen LogP contribution is 2.32. The number of anilines is 1. The van der Waals surface area contributed by atoms with Crippen molar-refractivity contribution in [2.24, 2.45) is 5.14 Å². The Labute approximate surface area is 117 Å². The average Bonchev–Trinajstić information content (AvgIpc) is 2.82. The highest BCUT2D eigenvalue weighted by atomic mass is 32.2. The molecule has 1 aromatic carbocycles. The Morgan fingerprint density at radius 2 is 2.10 bits per heavy atom. The van der Waals surface area contributed by atoms with Gasteiger partial charge in [-0.2, -0.15) is 0 Å². The van der Waals surface area contributed by atoms with E-state index in [4.69, 9.17) is 5.14 Å². The molecular formula is C14H15N3O2S. The summed E-state index contributed by atoms with van der Waals surface area (Å²) in [5.41, 5.74) is 3.01. The average molecular weight is 289 g/mol. The van der Waals surface area contributed by atoms with Crippen LogP contribution in [0, 0.1) is 0 Å². The first-order valence-corrected chi connectivity index (χ1v) is 7.92. The lowest BCUT2D eigenvalue weighted by atomic mass is 10.2. The fraction of sp³-hybridized carbons (Fsp3) is 0.214. The summed E-state index contributed by atoms with van der Waals surface area (Å²) in [6.07, 6.45) is 3.71. The van der Waals surface area contributed by atoms with Gasteiger partial charge in [-0.15, -0.1) is 0 Å². The number of aromatic nitrogens is 1. The Bertz CT molecular complexity index is 744. The van der Waals surface area contributed by atoms with Gasteiger partial charge in [0, 0.05) is 11.9 Å². The van der Waals surface area contributed by atoms with Gasteiger partial charge in [0.25, 0.3) is 0 Å². The lowest BCUT2D eigenvalue weighted by Gasteiger charge is -2.15. The summed E-state index contributed by atoms with van der Waals surface area (Å²) in [5.74, 6) is 0. The van der Waals surface area contributed by atoms with E-state index in [1.807, 2.05) is 12.1 Å². The van der Waals surface area contributed by atoms with Crippen molar-refractivity contribution in [3.05, 3.63) is 53.9 Å². The second kappa shape index (κ2) is 4.88. The number of hydrogen-bond donors (Lipinski definition) is 2.